The molecule has 0 saturated heterocycles. The smallest absolute Gasteiger partial charge is 0.191 e. The van der Waals surface area contributed by atoms with Crippen molar-refractivity contribution in [3.8, 4) is 0 Å². The van der Waals surface area contributed by atoms with Gasteiger partial charge in [0.15, 0.2) is 5.96 Å². The van der Waals surface area contributed by atoms with Crippen LogP contribution in [0.4, 0.5) is 0 Å². The van der Waals surface area contributed by atoms with Gasteiger partial charge in [-0.15, -0.1) is 24.0 Å². The molecule has 1 aromatic carbocycles. The van der Waals surface area contributed by atoms with E-state index in [1.807, 2.05) is 12.1 Å². The van der Waals surface area contributed by atoms with E-state index in [2.05, 4.69) is 43.7 Å². The molecule has 0 bridgehead atoms. The monoisotopic (exact) mass is 481 g/mol. The lowest BCUT2D eigenvalue weighted by Gasteiger charge is -2.12. The van der Waals surface area contributed by atoms with Gasteiger partial charge in [-0.3, -0.25) is 4.99 Å². The van der Waals surface area contributed by atoms with Crippen molar-refractivity contribution in [2.24, 2.45) is 10.9 Å². The summed E-state index contributed by atoms with van der Waals surface area (Å²) < 4.78 is 6.71. The first kappa shape index (κ1) is 19.7. The number of aliphatic imine (C=N–C) groups is 1. The van der Waals surface area contributed by atoms with Crippen molar-refractivity contribution in [1.29, 1.82) is 0 Å². The number of rotatable bonds is 8. The van der Waals surface area contributed by atoms with E-state index in [4.69, 9.17) is 4.74 Å². The van der Waals surface area contributed by atoms with Crippen LogP contribution < -0.4 is 10.6 Å². The summed E-state index contributed by atoms with van der Waals surface area (Å²) in [5.41, 5.74) is 1.23. The summed E-state index contributed by atoms with van der Waals surface area (Å²) in [4.78, 5) is 4.22. The third-order valence-corrected chi connectivity index (χ3v) is 3.93. The Morgan fingerprint density at radius 2 is 2.00 bits per heavy atom. The summed E-state index contributed by atoms with van der Waals surface area (Å²) in [6, 6.07) is 8.28. The molecular weight excluding hydrogens is 457 g/mol. The lowest BCUT2D eigenvalue weighted by Crippen LogP contribution is -2.37. The maximum atomic E-state index is 5.61. The van der Waals surface area contributed by atoms with Crippen molar-refractivity contribution in [3.05, 3.63) is 34.3 Å². The summed E-state index contributed by atoms with van der Waals surface area (Å²) in [6.07, 6.45) is 3.71. The van der Waals surface area contributed by atoms with Crippen LogP contribution in [0.5, 0.6) is 0 Å². The van der Waals surface area contributed by atoms with Crippen LogP contribution in [0.25, 0.3) is 0 Å². The molecule has 0 spiro atoms. The fourth-order valence-corrected chi connectivity index (χ4v) is 2.19. The Morgan fingerprint density at radius 1 is 1.27 bits per heavy atom. The zero-order valence-electron chi connectivity index (χ0n) is 13.0. The van der Waals surface area contributed by atoms with Gasteiger partial charge in [-0.05, 0) is 42.9 Å². The maximum absolute atomic E-state index is 5.61. The number of halogens is 2. The highest BCUT2D eigenvalue weighted by Crippen LogP contribution is 2.28. The average molecular weight is 482 g/mol. The van der Waals surface area contributed by atoms with Gasteiger partial charge in [0.25, 0.3) is 0 Å². The van der Waals surface area contributed by atoms with Crippen LogP contribution in [0.2, 0.25) is 0 Å². The SMILES string of the molecule is CN=C(NCCCOCC1CC1)NCc1ccc(Br)cc1.I. The molecule has 124 valence electrons. The number of nitrogens with zero attached hydrogens (tertiary/aromatic N) is 1. The van der Waals surface area contributed by atoms with Crippen LogP contribution in [0.15, 0.2) is 33.7 Å². The average Bonchev–Trinajstić information content (AvgIpc) is 3.31. The van der Waals surface area contributed by atoms with Gasteiger partial charge in [-0.25, -0.2) is 0 Å². The molecule has 2 rings (SSSR count). The van der Waals surface area contributed by atoms with Gasteiger partial charge in [0, 0.05) is 37.8 Å². The molecule has 0 atom stereocenters. The third kappa shape index (κ3) is 8.33. The van der Waals surface area contributed by atoms with E-state index in [1.54, 1.807) is 7.05 Å². The molecule has 0 amide bonds. The topological polar surface area (TPSA) is 45.7 Å². The molecule has 0 aliphatic heterocycles. The lowest BCUT2D eigenvalue weighted by molar-refractivity contribution is 0.123. The summed E-state index contributed by atoms with van der Waals surface area (Å²) in [5, 5.41) is 6.61. The Balaban J connectivity index is 0.00000242. The number of ether oxygens (including phenoxy) is 1. The van der Waals surface area contributed by atoms with E-state index in [0.717, 1.165) is 49.1 Å². The predicted octanol–water partition coefficient (Wildman–Crippen LogP) is 3.55. The van der Waals surface area contributed by atoms with E-state index in [-0.39, 0.29) is 24.0 Å². The Bertz CT molecular complexity index is 449. The number of nitrogens with one attached hydrogen (secondary N) is 2. The largest absolute Gasteiger partial charge is 0.381 e. The van der Waals surface area contributed by atoms with Crippen LogP contribution in [0, 0.1) is 5.92 Å². The molecule has 1 aromatic rings. The second-order valence-electron chi connectivity index (χ2n) is 5.35. The summed E-state index contributed by atoms with van der Waals surface area (Å²) >= 11 is 3.44. The minimum absolute atomic E-state index is 0. The van der Waals surface area contributed by atoms with Crippen molar-refractivity contribution in [2.75, 3.05) is 26.8 Å². The molecule has 22 heavy (non-hydrogen) atoms. The van der Waals surface area contributed by atoms with Crippen LogP contribution in [0.3, 0.4) is 0 Å². The molecule has 0 heterocycles. The van der Waals surface area contributed by atoms with Gasteiger partial charge in [0.2, 0.25) is 0 Å². The Morgan fingerprint density at radius 3 is 2.64 bits per heavy atom. The first-order valence-electron chi connectivity index (χ1n) is 7.54. The highest BCUT2D eigenvalue weighted by Gasteiger charge is 2.20. The Kier molecular flexibility index (Phi) is 10.1. The zero-order chi connectivity index (χ0) is 14.9. The van der Waals surface area contributed by atoms with Crippen molar-refractivity contribution in [2.45, 2.75) is 25.8 Å². The standard InChI is InChI=1S/C16H24BrN3O.HI/c1-18-16(19-9-2-10-21-12-14-3-4-14)20-11-13-5-7-15(17)8-6-13;/h5-8,14H,2-4,9-12H2,1H3,(H2,18,19,20);1H. The highest BCUT2D eigenvalue weighted by atomic mass is 127. The van der Waals surface area contributed by atoms with E-state index >= 15 is 0 Å². The van der Waals surface area contributed by atoms with E-state index < -0.39 is 0 Å². The van der Waals surface area contributed by atoms with Crippen molar-refractivity contribution >= 4 is 45.9 Å². The van der Waals surface area contributed by atoms with Gasteiger partial charge < -0.3 is 15.4 Å². The maximum Gasteiger partial charge on any atom is 0.191 e. The lowest BCUT2D eigenvalue weighted by atomic mass is 10.2. The Hall–Kier alpha value is -0.340. The molecule has 1 aliphatic rings. The van der Waals surface area contributed by atoms with Crippen LogP contribution in [-0.4, -0.2) is 32.8 Å². The minimum atomic E-state index is 0. The molecule has 1 fully saturated rings. The Labute approximate surface area is 158 Å². The third-order valence-electron chi connectivity index (χ3n) is 3.41. The second kappa shape index (κ2) is 11.2. The predicted molar refractivity (Wildman–Crippen MR) is 106 cm³/mol. The molecule has 0 unspecified atom stereocenters. The first-order valence-corrected chi connectivity index (χ1v) is 8.34. The number of guanidine groups is 1. The molecule has 1 aliphatic carbocycles. The zero-order valence-corrected chi connectivity index (χ0v) is 16.9. The first-order chi connectivity index (χ1) is 10.3. The van der Waals surface area contributed by atoms with Crippen molar-refractivity contribution in [1.82, 2.24) is 10.6 Å². The van der Waals surface area contributed by atoms with Gasteiger partial charge in [0.05, 0.1) is 0 Å². The van der Waals surface area contributed by atoms with E-state index in [9.17, 15) is 0 Å². The highest BCUT2D eigenvalue weighted by molar-refractivity contribution is 14.0. The molecule has 4 nitrogen and oxygen atoms in total. The van der Waals surface area contributed by atoms with Crippen molar-refractivity contribution in [3.63, 3.8) is 0 Å². The van der Waals surface area contributed by atoms with Gasteiger partial charge in [0.1, 0.15) is 0 Å². The van der Waals surface area contributed by atoms with Gasteiger partial charge in [-0.1, -0.05) is 28.1 Å². The second-order valence-corrected chi connectivity index (χ2v) is 6.27. The minimum Gasteiger partial charge on any atom is -0.381 e. The molecular formula is C16H25BrIN3O. The molecule has 0 radical (unpaired) electrons. The molecule has 1 saturated carbocycles. The number of hydrogen-bond donors (Lipinski definition) is 2. The van der Waals surface area contributed by atoms with E-state index in [0.29, 0.717) is 0 Å². The van der Waals surface area contributed by atoms with Crippen molar-refractivity contribution < 1.29 is 4.74 Å². The van der Waals surface area contributed by atoms with Gasteiger partial charge >= 0.3 is 0 Å². The summed E-state index contributed by atoms with van der Waals surface area (Å²) in [7, 11) is 1.79. The molecule has 0 aromatic heterocycles. The quantitative estimate of drug-likeness (QED) is 0.258. The summed E-state index contributed by atoms with van der Waals surface area (Å²) in [6.45, 7) is 3.42. The van der Waals surface area contributed by atoms with Crippen LogP contribution >= 0.6 is 39.9 Å². The molecule has 2 N–H and O–H groups in total. The summed E-state index contributed by atoms with van der Waals surface area (Å²) in [5.74, 6) is 1.68. The number of hydrogen-bond acceptors (Lipinski definition) is 2. The van der Waals surface area contributed by atoms with Crippen LogP contribution in [-0.2, 0) is 11.3 Å². The van der Waals surface area contributed by atoms with Gasteiger partial charge in [-0.2, -0.15) is 0 Å². The van der Waals surface area contributed by atoms with Crippen LogP contribution in [0.1, 0.15) is 24.8 Å². The normalized spacial score (nSPS) is 14.4. The van der Waals surface area contributed by atoms with E-state index in [1.165, 1.54) is 18.4 Å². The fraction of sp³-hybridized carbons (Fsp3) is 0.562. The fourth-order valence-electron chi connectivity index (χ4n) is 1.92. The molecule has 6 heteroatoms. The number of benzene rings is 1.